The largest absolute Gasteiger partial charge is 0.500 e. The van der Waals surface area contributed by atoms with Crippen molar-refractivity contribution in [1.82, 2.24) is 4.98 Å². The summed E-state index contributed by atoms with van der Waals surface area (Å²) in [7, 11) is 16.9. The normalized spacial score (nSPS) is 13.3. The first-order valence-electron chi connectivity index (χ1n) is 7.93. The lowest BCUT2D eigenvalue weighted by Gasteiger charge is -2.26. The van der Waals surface area contributed by atoms with E-state index in [4.69, 9.17) is 13.3 Å². The summed E-state index contributed by atoms with van der Waals surface area (Å²) in [6, 6.07) is 9.11. The van der Waals surface area contributed by atoms with Crippen LogP contribution in [0.25, 0.3) is 10.2 Å². The van der Waals surface area contributed by atoms with E-state index in [1.165, 1.54) is 4.70 Å². The van der Waals surface area contributed by atoms with Crippen LogP contribution in [0.2, 0.25) is 6.04 Å². The Morgan fingerprint density at radius 2 is 1.61 bits per heavy atom. The quantitative estimate of drug-likeness (QED) is 0.118. The van der Waals surface area contributed by atoms with E-state index in [9.17, 15) is 0 Å². The molecule has 0 aliphatic heterocycles. The molecule has 0 amide bonds. The van der Waals surface area contributed by atoms with Crippen LogP contribution in [0.5, 0.6) is 0 Å². The van der Waals surface area contributed by atoms with Crippen LogP contribution >= 0.6 is 91.9 Å². The molecule has 1 aromatic carbocycles. The highest BCUT2D eigenvalue weighted by Crippen LogP contribution is 2.58. The third-order valence-electron chi connectivity index (χ3n) is 3.45. The molecule has 0 spiro atoms. The van der Waals surface area contributed by atoms with Crippen molar-refractivity contribution in [2.24, 2.45) is 5.92 Å². The van der Waals surface area contributed by atoms with Crippen molar-refractivity contribution < 1.29 is 13.3 Å². The fraction of sp³-hybridized carbons (Fsp3) is 0.500. The highest BCUT2D eigenvalue weighted by atomic mass is 34.0. The SMILES string of the molecule is CO[Si](CC(C)CSSSSSSSSc1nc2ccccc2s1)(OC)OC. The van der Waals surface area contributed by atoms with E-state index >= 15 is 0 Å². The van der Waals surface area contributed by atoms with Crippen molar-refractivity contribution in [3.63, 3.8) is 0 Å². The molecular formula is C14H21NO3S9Si. The zero-order valence-electron chi connectivity index (χ0n) is 15.6. The van der Waals surface area contributed by atoms with E-state index in [0.717, 1.165) is 21.7 Å². The van der Waals surface area contributed by atoms with Gasteiger partial charge in [-0.25, -0.2) is 4.98 Å². The lowest BCUT2D eigenvalue weighted by atomic mass is 10.3. The molecule has 2 aromatic rings. The summed E-state index contributed by atoms with van der Waals surface area (Å²) in [5.74, 6) is 1.53. The first-order chi connectivity index (χ1) is 13.6. The number of aromatic nitrogens is 1. The molecule has 0 N–H and O–H groups in total. The van der Waals surface area contributed by atoms with Crippen molar-refractivity contribution in [2.75, 3.05) is 27.1 Å². The Labute approximate surface area is 201 Å². The van der Waals surface area contributed by atoms with E-state index in [1.807, 2.05) is 26.7 Å². The van der Waals surface area contributed by atoms with Gasteiger partial charge in [0.2, 0.25) is 0 Å². The van der Waals surface area contributed by atoms with Crippen LogP contribution in [0.1, 0.15) is 6.92 Å². The lowest BCUT2D eigenvalue weighted by molar-refractivity contribution is 0.120. The van der Waals surface area contributed by atoms with E-state index in [-0.39, 0.29) is 0 Å². The maximum atomic E-state index is 5.49. The Morgan fingerprint density at radius 1 is 0.964 bits per heavy atom. The van der Waals surface area contributed by atoms with Crippen molar-refractivity contribution in [3.05, 3.63) is 24.3 Å². The summed E-state index contributed by atoms with van der Waals surface area (Å²) in [6.07, 6.45) is 0. The zero-order valence-corrected chi connectivity index (χ0v) is 24.0. The number of nitrogens with zero attached hydrogens (tertiary/aromatic N) is 1. The van der Waals surface area contributed by atoms with E-state index in [2.05, 4.69) is 30.1 Å². The predicted molar refractivity (Wildman–Crippen MR) is 144 cm³/mol. The molecule has 0 radical (unpaired) electrons. The highest BCUT2D eigenvalue weighted by Gasteiger charge is 2.39. The van der Waals surface area contributed by atoms with Gasteiger partial charge >= 0.3 is 8.80 Å². The second-order valence-electron chi connectivity index (χ2n) is 5.33. The summed E-state index contributed by atoms with van der Waals surface area (Å²) in [4.78, 5) is 4.63. The van der Waals surface area contributed by atoms with Crippen molar-refractivity contribution in [3.8, 4) is 0 Å². The lowest BCUT2D eigenvalue weighted by Crippen LogP contribution is -2.44. The number of benzene rings is 1. The summed E-state index contributed by atoms with van der Waals surface area (Å²) >= 11 is 1.75. The summed E-state index contributed by atoms with van der Waals surface area (Å²) in [5, 5.41) is 0. The van der Waals surface area contributed by atoms with Gasteiger partial charge in [-0.05, 0) is 87.8 Å². The number of para-hydroxylation sites is 1. The zero-order chi connectivity index (χ0) is 20.2. The van der Waals surface area contributed by atoms with Crippen LogP contribution in [-0.4, -0.2) is 40.9 Å². The second-order valence-corrected chi connectivity index (χ2v) is 22.6. The van der Waals surface area contributed by atoms with Gasteiger partial charge in [0.25, 0.3) is 0 Å². The van der Waals surface area contributed by atoms with Crippen LogP contribution in [0, 0.1) is 5.92 Å². The minimum atomic E-state index is -2.46. The molecule has 28 heavy (non-hydrogen) atoms. The molecule has 0 aliphatic rings. The van der Waals surface area contributed by atoms with E-state index in [0.29, 0.717) is 5.92 Å². The summed E-state index contributed by atoms with van der Waals surface area (Å²) in [5.41, 5.74) is 1.09. The average molecular weight is 568 g/mol. The molecule has 1 heterocycles. The second kappa shape index (κ2) is 15.0. The van der Waals surface area contributed by atoms with Gasteiger partial charge in [0.15, 0.2) is 4.34 Å². The smallest absolute Gasteiger partial charge is 0.377 e. The molecule has 0 bridgehead atoms. The molecular weight excluding hydrogens is 547 g/mol. The van der Waals surface area contributed by atoms with E-state index in [1.54, 1.807) is 92.6 Å². The molecule has 4 nitrogen and oxygen atoms in total. The Kier molecular flexibility index (Phi) is 14.0. The fourth-order valence-electron chi connectivity index (χ4n) is 2.12. The minimum Gasteiger partial charge on any atom is -0.377 e. The van der Waals surface area contributed by atoms with Crippen LogP contribution in [0.4, 0.5) is 0 Å². The summed E-state index contributed by atoms with van der Waals surface area (Å²) < 4.78 is 18.8. The highest BCUT2D eigenvalue weighted by molar-refractivity contribution is 9.48. The number of fused-ring (bicyclic) bond motifs is 1. The molecule has 1 unspecified atom stereocenters. The van der Waals surface area contributed by atoms with Gasteiger partial charge in [-0.2, -0.15) is 0 Å². The van der Waals surface area contributed by atoms with Gasteiger partial charge in [-0.3, -0.25) is 0 Å². The molecule has 158 valence electrons. The maximum Gasteiger partial charge on any atom is 0.500 e. The van der Waals surface area contributed by atoms with Gasteiger partial charge in [0.05, 0.1) is 10.2 Å². The number of hydrogen-bond donors (Lipinski definition) is 0. The predicted octanol–water partition coefficient (Wildman–Crippen LogP) is 8.44. The Morgan fingerprint density at radius 3 is 2.29 bits per heavy atom. The Hall–Kier alpha value is 2.01. The fourth-order valence-corrected chi connectivity index (χ4v) is 22.9. The third-order valence-corrected chi connectivity index (χ3v) is 23.2. The van der Waals surface area contributed by atoms with Crippen molar-refractivity contribution in [1.29, 1.82) is 0 Å². The molecule has 0 aliphatic carbocycles. The van der Waals surface area contributed by atoms with Gasteiger partial charge in [0, 0.05) is 33.1 Å². The molecule has 0 saturated carbocycles. The average Bonchev–Trinajstić information content (AvgIpc) is 3.13. The van der Waals surface area contributed by atoms with Gasteiger partial charge in [0.1, 0.15) is 0 Å². The maximum absolute atomic E-state index is 5.49. The minimum absolute atomic E-state index is 0.484. The van der Waals surface area contributed by atoms with Crippen molar-refractivity contribution >= 4 is 111 Å². The van der Waals surface area contributed by atoms with Crippen molar-refractivity contribution in [2.45, 2.75) is 17.3 Å². The third kappa shape index (κ3) is 9.24. The first-order valence-corrected chi connectivity index (χ1v) is 21.0. The molecule has 0 saturated heterocycles. The summed E-state index contributed by atoms with van der Waals surface area (Å²) in [6.45, 7) is 2.21. The van der Waals surface area contributed by atoms with Gasteiger partial charge in [-0.1, -0.05) is 29.9 Å². The molecule has 0 fully saturated rings. The van der Waals surface area contributed by atoms with E-state index < -0.39 is 8.80 Å². The van der Waals surface area contributed by atoms with Gasteiger partial charge in [-0.15, -0.1) is 11.3 Å². The Balaban J connectivity index is 1.48. The first kappa shape index (κ1) is 26.3. The van der Waals surface area contributed by atoms with Crippen LogP contribution in [0.15, 0.2) is 28.6 Å². The monoisotopic (exact) mass is 567 g/mol. The molecule has 1 aromatic heterocycles. The number of thiazole rings is 1. The topological polar surface area (TPSA) is 40.6 Å². The van der Waals surface area contributed by atoms with Crippen LogP contribution < -0.4 is 0 Å². The number of hydrogen-bond acceptors (Lipinski definition) is 13. The van der Waals surface area contributed by atoms with Crippen LogP contribution in [-0.2, 0) is 13.3 Å². The Bertz CT molecular complexity index is 650. The standard InChI is InChI=1S/C14H21NO3S9Si/c1-11(10-28(16-2,17-3)18-4)9-19-22-24-26-27-25-23-21-14-15-12-7-5-6-8-13(12)20-14/h5-8,11H,9-10H2,1-4H3. The molecule has 14 heteroatoms. The van der Waals surface area contributed by atoms with Gasteiger partial charge < -0.3 is 13.3 Å². The number of rotatable bonds is 15. The molecule has 1 atom stereocenters. The van der Waals surface area contributed by atoms with Crippen LogP contribution in [0.3, 0.4) is 0 Å². The molecule has 2 rings (SSSR count).